The summed E-state index contributed by atoms with van der Waals surface area (Å²) in [6, 6.07) is 0.491. The average molecular weight is 300 g/mol. The largest absolute Gasteiger partial charge is 0.383 e. The molecule has 1 heterocycles. The van der Waals surface area contributed by atoms with Crippen LogP contribution >= 0.6 is 15.9 Å². The molecule has 0 radical (unpaired) electrons. The van der Waals surface area contributed by atoms with Crippen LogP contribution in [0.1, 0.15) is 52.0 Å². The van der Waals surface area contributed by atoms with Gasteiger partial charge in [-0.05, 0) is 47.0 Å². The molecule has 1 aromatic heterocycles. The third kappa shape index (κ3) is 2.84. The molecule has 2 rings (SSSR count). The smallest absolute Gasteiger partial charge is 0.136 e. The van der Waals surface area contributed by atoms with Crippen LogP contribution in [0, 0.1) is 11.8 Å². The summed E-state index contributed by atoms with van der Waals surface area (Å²) < 4.78 is 2.93. The van der Waals surface area contributed by atoms with Crippen molar-refractivity contribution in [1.82, 2.24) is 9.78 Å². The molecule has 1 aromatic rings. The number of aromatic nitrogens is 2. The maximum absolute atomic E-state index is 6.03. The van der Waals surface area contributed by atoms with E-state index in [0.717, 1.165) is 22.1 Å². The van der Waals surface area contributed by atoms with Crippen LogP contribution in [0.4, 0.5) is 5.82 Å². The van der Waals surface area contributed by atoms with Crippen molar-refractivity contribution < 1.29 is 0 Å². The molecule has 2 atom stereocenters. The predicted octanol–water partition coefficient (Wildman–Crippen LogP) is 4.01. The Hall–Kier alpha value is -0.510. The van der Waals surface area contributed by atoms with Crippen molar-refractivity contribution in [3.8, 4) is 0 Å². The lowest BCUT2D eigenvalue weighted by Gasteiger charge is -2.19. The Morgan fingerprint density at radius 1 is 1.35 bits per heavy atom. The average Bonchev–Trinajstić information content (AvgIpc) is 2.55. The molecule has 2 N–H and O–H groups in total. The highest BCUT2D eigenvalue weighted by molar-refractivity contribution is 9.10. The molecule has 0 aliphatic heterocycles. The van der Waals surface area contributed by atoms with Crippen molar-refractivity contribution in [2.45, 2.75) is 52.0 Å². The fourth-order valence-electron chi connectivity index (χ4n) is 2.86. The molecule has 4 heteroatoms. The van der Waals surface area contributed by atoms with E-state index in [2.05, 4.69) is 34.9 Å². The first-order valence-corrected chi connectivity index (χ1v) is 7.37. The third-order valence-electron chi connectivity index (χ3n) is 4.06. The molecule has 1 fully saturated rings. The standard InChI is InChI=1S/C13H22BrN3/c1-9(2)10-4-3-5-11(7-6-10)17-13(15)12(14)8-16-17/h8-11H,3-7,15H2,1-2H3. The summed E-state index contributed by atoms with van der Waals surface area (Å²) in [5.41, 5.74) is 6.03. The fraction of sp³-hybridized carbons (Fsp3) is 0.769. The number of hydrogen-bond donors (Lipinski definition) is 1. The normalized spacial score (nSPS) is 26.1. The molecular formula is C13H22BrN3. The van der Waals surface area contributed by atoms with E-state index in [9.17, 15) is 0 Å². The first kappa shape index (κ1) is 12.9. The Balaban J connectivity index is 2.06. The second kappa shape index (κ2) is 5.42. The summed E-state index contributed by atoms with van der Waals surface area (Å²) in [4.78, 5) is 0. The van der Waals surface area contributed by atoms with Crippen LogP contribution in [0.2, 0.25) is 0 Å². The number of anilines is 1. The molecule has 1 saturated carbocycles. The molecule has 1 aliphatic rings. The van der Waals surface area contributed by atoms with E-state index in [-0.39, 0.29) is 0 Å². The summed E-state index contributed by atoms with van der Waals surface area (Å²) in [5.74, 6) is 2.45. The number of rotatable bonds is 2. The molecule has 2 unspecified atom stereocenters. The van der Waals surface area contributed by atoms with Crippen molar-refractivity contribution in [1.29, 1.82) is 0 Å². The van der Waals surface area contributed by atoms with Gasteiger partial charge in [0.25, 0.3) is 0 Å². The summed E-state index contributed by atoms with van der Waals surface area (Å²) in [5, 5.41) is 4.40. The van der Waals surface area contributed by atoms with Gasteiger partial charge in [-0.15, -0.1) is 0 Å². The van der Waals surface area contributed by atoms with E-state index in [1.807, 2.05) is 4.68 Å². The number of halogens is 1. The first-order chi connectivity index (χ1) is 8.09. The Morgan fingerprint density at radius 2 is 2.12 bits per heavy atom. The molecule has 0 amide bonds. The second-order valence-corrected chi connectivity index (χ2v) is 6.34. The van der Waals surface area contributed by atoms with Gasteiger partial charge in [0.1, 0.15) is 5.82 Å². The lowest BCUT2D eigenvalue weighted by molar-refractivity contribution is 0.332. The van der Waals surface area contributed by atoms with Gasteiger partial charge in [-0.1, -0.05) is 26.7 Å². The zero-order valence-electron chi connectivity index (χ0n) is 10.7. The van der Waals surface area contributed by atoms with Crippen LogP contribution in [0.25, 0.3) is 0 Å². The second-order valence-electron chi connectivity index (χ2n) is 5.49. The van der Waals surface area contributed by atoms with Gasteiger partial charge < -0.3 is 5.73 Å². The monoisotopic (exact) mass is 299 g/mol. The summed E-state index contributed by atoms with van der Waals surface area (Å²) >= 11 is 3.43. The zero-order chi connectivity index (χ0) is 12.4. The molecule has 17 heavy (non-hydrogen) atoms. The van der Waals surface area contributed by atoms with Crippen molar-refractivity contribution in [2.24, 2.45) is 11.8 Å². The van der Waals surface area contributed by atoms with Crippen LogP contribution < -0.4 is 5.73 Å². The van der Waals surface area contributed by atoms with Crippen LogP contribution in [-0.2, 0) is 0 Å². The van der Waals surface area contributed by atoms with E-state index in [1.165, 1.54) is 32.1 Å². The van der Waals surface area contributed by atoms with Gasteiger partial charge in [0.15, 0.2) is 0 Å². The number of hydrogen-bond acceptors (Lipinski definition) is 2. The maximum atomic E-state index is 6.03. The minimum absolute atomic E-state index is 0.491. The number of nitrogens with two attached hydrogens (primary N) is 1. The molecule has 0 bridgehead atoms. The van der Waals surface area contributed by atoms with Gasteiger partial charge in [0.05, 0.1) is 16.7 Å². The number of nitrogen functional groups attached to an aromatic ring is 1. The molecule has 0 spiro atoms. The fourth-order valence-corrected chi connectivity index (χ4v) is 3.14. The van der Waals surface area contributed by atoms with Crippen molar-refractivity contribution in [3.05, 3.63) is 10.7 Å². The maximum Gasteiger partial charge on any atom is 0.136 e. The summed E-state index contributed by atoms with van der Waals surface area (Å²) in [7, 11) is 0. The van der Waals surface area contributed by atoms with Crippen LogP contribution in [-0.4, -0.2) is 9.78 Å². The highest BCUT2D eigenvalue weighted by Crippen LogP contribution is 2.35. The Kier molecular flexibility index (Phi) is 4.13. The number of nitrogens with zero attached hydrogens (tertiary/aromatic N) is 2. The highest BCUT2D eigenvalue weighted by Gasteiger charge is 2.23. The zero-order valence-corrected chi connectivity index (χ0v) is 12.3. The molecule has 3 nitrogen and oxygen atoms in total. The van der Waals surface area contributed by atoms with E-state index in [4.69, 9.17) is 5.73 Å². The van der Waals surface area contributed by atoms with E-state index >= 15 is 0 Å². The molecule has 0 aromatic carbocycles. The third-order valence-corrected chi connectivity index (χ3v) is 4.67. The predicted molar refractivity (Wildman–Crippen MR) is 74.8 cm³/mol. The van der Waals surface area contributed by atoms with Gasteiger partial charge in [0, 0.05) is 0 Å². The topological polar surface area (TPSA) is 43.8 Å². The summed E-state index contributed by atoms with van der Waals surface area (Å²) in [6.07, 6.45) is 8.18. The van der Waals surface area contributed by atoms with Crippen molar-refractivity contribution in [3.63, 3.8) is 0 Å². The van der Waals surface area contributed by atoms with Crippen molar-refractivity contribution in [2.75, 3.05) is 5.73 Å². The Bertz CT molecular complexity index is 373. The van der Waals surface area contributed by atoms with Crippen LogP contribution in [0.5, 0.6) is 0 Å². The van der Waals surface area contributed by atoms with Gasteiger partial charge >= 0.3 is 0 Å². The van der Waals surface area contributed by atoms with Crippen molar-refractivity contribution >= 4 is 21.7 Å². The van der Waals surface area contributed by atoms with Gasteiger partial charge in [-0.2, -0.15) is 5.10 Å². The van der Waals surface area contributed by atoms with Crippen LogP contribution in [0.3, 0.4) is 0 Å². The highest BCUT2D eigenvalue weighted by atomic mass is 79.9. The summed E-state index contributed by atoms with van der Waals surface area (Å²) in [6.45, 7) is 4.67. The molecular weight excluding hydrogens is 278 g/mol. The molecule has 1 aliphatic carbocycles. The van der Waals surface area contributed by atoms with E-state index < -0.39 is 0 Å². The minimum Gasteiger partial charge on any atom is -0.383 e. The minimum atomic E-state index is 0.491. The van der Waals surface area contributed by atoms with E-state index in [0.29, 0.717) is 6.04 Å². The quantitative estimate of drug-likeness (QED) is 0.839. The molecule has 96 valence electrons. The van der Waals surface area contributed by atoms with Gasteiger partial charge in [-0.25, -0.2) is 4.68 Å². The lowest BCUT2D eigenvalue weighted by atomic mass is 9.89. The van der Waals surface area contributed by atoms with Gasteiger partial charge in [0.2, 0.25) is 0 Å². The lowest BCUT2D eigenvalue weighted by Crippen LogP contribution is -2.13. The SMILES string of the molecule is CC(C)C1CCCC(n2ncc(Br)c2N)CC1. The van der Waals surface area contributed by atoms with Gasteiger partial charge in [-0.3, -0.25) is 0 Å². The van der Waals surface area contributed by atoms with E-state index in [1.54, 1.807) is 6.20 Å². The first-order valence-electron chi connectivity index (χ1n) is 6.58. The van der Waals surface area contributed by atoms with Crippen LogP contribution in [0.15, 0.2) is 10.7 Å². The molecule has 0 saturated heterocycles. The Labute approximate surface area is 112 Å². The Morgan fingerprint density at radius 3 is 2.71 bits per heavy atom.